The van der Waals surface area contributed by atoms with Gasteiger partial charge in [0, 0.05) is 34.4 Å². The van der Waals surface area contributed by atoms with E-state index in [4.69, 9.17) is 4.42 Å². The van der Waals surface area contributed by atoms with Crippen molar-refractivity contribution >= 4 is 49.8 Å². The Morgan fingerprint density at radius 2 is 1.11 bits per heavy atom. The van der Waals surface area contributed by atoms with Gasteiger partial charge < -0.3 is 9.32 Å². The number of anilines is 3. The van der Waals surface area contributed by atoms with Gasteiger partial charge >= 0.3 is 0 Å². The molecule has 258 valence electrons. The van der Waals surface area contributed by atoms with Crippen LogP contribution in [0.25, 0.3) is 55.0 Å². The van der Waals surface area contributed by atoms with Crippen LogP contribution >= 0.6 is 0 Å². The Labute approximate surface area is 319 Å². The molecule has 0 radical (unpaired) electrons. The van der Waals surface area contributed by atoms with Crippen LogP contribution in [0.2, 0.25) is 0 Å². The lowest BCUT2D eigenvalue weighted by atomic mass is 9.67. The summed E-state index contributed by atoms with van der Waals surface area (Å²) in [6.07, 6.45) is 3.76. The summed E-state index contributed by atoms with van der Waals surface area (Å²) in [5, 5.41) is 4.32. The third-order valence-electron chi connectivity index (χ3n) is 11.4. The minimum absolute atomic E-state index is 0.531. The highest BCUT2D eigenvalue weighted by Gasteiger charge is 2.46. The van der Waals surface area contributed by atoms with Gasteiger partial charge in [-0.2, -0.15) is 0 Å². The zero-order chi connectivity index (χ0) is 36.3. The van der Waals surface area contributed by atoms with E-state index in [1.807, 2.05) is 12.4 Å². The van der Waals surface area contributed by atoms with Crippen molar-refractivity contribution < 1.29 is 4.42 Å². The van der Waals surface area contributed by atoms with Gasteiger partial charge in [-0.05, 0) is 92.9 Å². The minimum atomic E-state index is -0.531. The summed E-state index contributed by atoms with van der Waals surface area (Å²) >= 11 is 0. The van der Waals surface area contributed by atoms with Gasteiger partial charge in [0.15, 0.2) is 0 Å². The molecule has 0 saturated heterocycles. The molecule has 2 aromatic heterocycles. The van der Waals surface area contributed by atoms with Crippen molar-refractivity contribution in [2.75, 3.05) is 4.90 Å². The molecule has 0 amide bonds. The van der Waals surface area contributed by atoms with Crippen molar-refractivity contribution in [3.63, 3.8) is 0 Å². The van der Waals surface area contributed by atoms with Gasteiger partial charge in [-0.1, -0.05) is 146 Å². The van der Waals surface area contributed by atoms with Crippen LogP contribution < -0.4 is 4.90 Å². The Bertz CT molecular complexity index is 3000. The standard InChI is InChI=1S/C52H34N2O/c1-4-15-35(16-5-1)41-21-11-13-24-47(41)54(48-25-14-26-49-51(48)44-31-36-29-30-53-34-37(36)32-50(44)55-49)40-27-28-43-42-22-10-12-23-45(42)52(46(43)33-40,38-17-6-2-7-18-38)39-19-8-3-9-20-39/h1-34H. The first-order valence-corrected chi connectivity index (χ1v) is 18.8. The molecule has 11 rings (SSSR count). The minimum Gasteiger partial charge on any atom is -0.456 e. The van der Waals surface area contributed by atoms with Gasteiger partial charge in [0.2, 0.25) is 0 Å². The average Bonchev–Trinajstić information content (AvgIpc) is 3.77. The first-order valence-electron chi connectivity index (χ1n) is 18.8. The Balaban J connectivity index is 1.24. The quantitative estimate of drug-likeness (QED) is 0.173. The van der Waals surface area contributed by atoms with Crippen molar-refractivity contribution in [1.82, 2.24) is 4.98 Å². The highest BCUT2D eigenvalue weighted by atomic mass is 16.3. The molecule has 0 bridgehead atoms. The molecular weight excluding hydrogens is 669 g/mol. The Kier molecular flexibility index (Phi) is 7.08. The van der Waals surface area contributed by atoms with E-state index in [1.54, 1.807) is 0 Å². The number of furan rings is 1. The van der Waals surface area contributed by atoms with Gasteiger partial charge in [-0.25, -0.2) is 0 Å². The van der Waals surface area contributed by atoms with E-state index in [9.17, 15) is 0 Å². The Hall–Kier alpha value is -7.23. The first kappa shape index (κ1) is 31.3. The van der Waals surface area contributed by atoms with Crippen LogP contribution in [0.15, 0.2) is 211 Å². The number of hydrogen-bond acceptors (Lipinski definition) is 3. The highest BCUT2D eigenvalue weighted by molar-refractivity contribution is 6.16. The van der Waals surface area contributed by atoms with Crippen LogP contribution in [-0.2, 0) is 5.41 Å². The summed E-state index contributed by atoms with van der Waals surface area (Å²) in [6.45, 7) is 0. The second-order valence-corrected chi connectivity index (χ2v) is 14.3. The lowest BCUT2D eigenvalue weighted by molar-refractivity contribution is 0.669. The second-order valence-electron chi connectivity index (χ2n) is 14.3. The molecule has 2 heterocycles. The topological polar surface area (TPSA) is 29.3 Å². The molecular formula is C52H34N2O. The predicted molar refractivity (Wildman–Crippen MR) is 226 cm³/mol. The Morgan fingerprint density at radius 1 is 0.455 bits per heavy atom. The maximum absolute atomic E-state index is 6.65. The van der Waals surface area contributed by atoms with Crippen molar-refractivity contribution in [3.05, 3.63) is 229 Å². The molecule has 0 spiro atoms. The SMILES string of the molecule is c1ccc(-c2ccccc2N(c2ccc3c(c2)C(c2ccccc2)(c2ccccc2)c2ccccc2-3)c2cccc3oc4cc5cnccc5cc4c23)cc1. The molecule has 0 N–H and O–H groups in total. The molecule has 10 aromatic rings. The van der Waals surface area contributed by atoms with Gasteiger partial charge in [-0.15, -0.1) is 0 Å². The van der Waals surface area contributed by atoms with E-state index in [0.717, 1.165) is 60.9 Å². The van der Waals surface area contributed by atoms with Crippen LogP contribution in [0.4, 0.5) is 17.1 Å². The fraction of sp³-hybridized carbons (Fsp3) is 0.0192. The summed E-state index contributed by atoms with van der Waals surface area (Å²) in [6, 6.07) is 70.3. The van der Waals surface area contributed by atoms with E-state index < -0.39 is 5.41 Å². The number of nitrogens with zero attached hydrogens (tertiary/aromatic N) is 2. The highest BCUT2D eigenvalue weighted by Crippen LogP contribution is 2.58. The van der Waals surface area contributed by atoms with Gasteiger partial charge in [0.05, 0.1) is 22.2 Å². The maximum atomic E-state index is 6.65. The molecule has 0 atom stereocenters. The van der Waals surface area contributed by atoms with Crippen molar-refractivity contribution in [1.29, 1.82) is 0 Å². The maximum Gasteiger partial charge on any atom is 0.137 e. The van der Waals surface area contributed by atoms with Gasteiger partial charge in [0.1, 0.15) is 11.2 Å². The molecule has 1 aliphatic carbocycles. The number of rotatable bonds is 6. The zero-order valence-electron chi connectivity index (χ0n) is 29.9. The largest absolute Gasteiger partial charge is 0.456 e. The molecule has 0 unspecified atom stereocenters. The lowest BCUT2D eigenvalue weighted by Gasteiger charge is -2.35. The lowest BCUT2D eigenvalue weighted by Crippen LogP contribution is -2.28. The fourth-order valence-corrected chi connectivity index (χ4v) is 9.08. The fourth-order valence-electron chi connectivity index (χ4n) is 9.08. The number of pyridine rings is 1. The summed E-state index contributed by atoms with van der Waals surface area (Å²) < 4.78 is 6.65. The first-order chi connectivity index (χ1) is 27.3. The van der Waals surface area contributed by atoms with E-state index in [2.05, 4.69) is 204 Å². The summed E-state index contributed by atoms with van der Waals surface area (Å²) in [4.78, 5) is 6.83. The van der Waals surface area contributed by atoms with Crippen molar-refractivity contribution in [2.24, 2.45) is 0 Å². The normalized spacial score (nSPS) is 12.9. The third-order valence-corrected chi connectivity index (χ3v) is 11.4. The molecule has 0 saturated carbocycles. The molecule has 0 fully saturated rings. The molecule has 55 heavy (non-hydrogen) atoms. The molecule has 3 nitrogen and oxygen atoms in total. The van der Waals surface area contributed by atoms with Crippen LogP contribution in [0, 0.1) is 0 Å². The number of aromatic nitrogens is 1. The smallest absolute Gasteiger partial charge is 0.137 e. The molecule has 0 aliphatic heterocycles. The molecule has 1 aliphatic rings. The van der Waals surface area contributed by atoms with Crippen LogP contribution in [0.5, 0.6) is 0 Å². The van der Waals surface area contributed by atoms with Crippen molar-refractivity contribution in [2.45, 2.75) is 5.41 Å². The van der Waals surface area contributed by atoms with E-state index in [0.29, 0.717) is 0 Å². The predicted octanol–water partition coefficient (Wildman–Crippen LogP) is 13.6. The van der Waals surface area contributed by atoms with Gasteiger partial charge in [-0.3, -0.25) is 4.98 Å². The molecule has 3 heteroatoms. The van der Waals surface area contributed by atoms with Crippen LogP contribution in [0.1, 0.15) is 22.3 Å². The third kappa shape index (κ3) is 4.73. The van der Waals surface area contributed by atoms with Crippen LogP contribution in [-0.4, -0.2) is 4.98 Å². The van der Waals surface area contributed by atoms with Crippen LogP contribution in [0.3, 0.4) is 0 Å². The summed E-state index contributed by atoms with van der Waals surface area (Å²) in [7, 11) is 0. The second kappa shape index (κ2) is 12.4. The summed E-state index contributed by atoms with van der Waals surface area (Å²) in [5.74, 6) is 0. The zero-order valence-corrected chi connectivity index (χ0v) is 29.9. The molecule has 8 aromatic carbocycles. The number of benzene rings is 8. The average molecular weight is 703 g/mol. The Morgan fingerprint density at radius 3 is 1.89 bits per heavy atom. The van der Waals surface area contributed by atoms with E-state index in [-0.39, 0.29) is 0 Å². The van der Waals surface area contributed by atoms with Crippen molar-refractivity contribution in [3.8, 4) is 22.3 Å². The summed E-state index contributed by atoms with van der Waals surface area (Å²) in [5.41, 5.74) is 14.2. The van der Waals surface area contributed by atoms with E-state index >= 15 is 0 Å². The number of fused-ring (bicyclic) bond motifs is 7. The van der Waals surface area contributed by atoms with Gasteiger partial charge in [0.25, 0.3) is 0 Å². The number of hydrogen-bond donors (Lipinski definition) is 0. The monoisotopic (exact) mass is 702 g/mol. The van der Waals surface area contributed by atoms with E-state index in [1.165, 1.54) is 33.4 Å². The number of para-hydroxylation sites is 1.